The zero-order chi connectivity index (χ0) is 8.27. The Balaban J connectivity index is 0.00000121. The van der Waals surface area contributed by atoms with Crippen molar-refractivity contribution in [3.05, 3.63) is 18.2 Å². The second-order valence-electron chi connectivity index (χ2n) is 3.05. The van der Waals surface area contributed by atoms with Crippen molar-refractivity contribution in [1.29, 1.82) is 0 Å². The molecule has 0 aliphatic carbocycles. The van der Waals surface area contributed by atoms with Gasteiger partial charge in [-0.2, -0.15) is 0 Å². The van der Waals surface area contributed by atoms with Gasteiger partial charge in [-0.15, -0.1) is 12.4 Å². The maximum atomic E-state index is 8.84. The van der Waals surface area contributed by atoms with Crippen molar-refractivity contribution in [3.8, 4) is 0 Å². The number of aliphatic hydroxyl groups is 1. The van der Waals surface area contributed by atoms with Gasteiger partial charge < -0.3 is 9.67 Å². The predicted octanol–water partition coefficient (Wildman–Crippen LogP) is 1.45. The molecule has 0 saturated heterocycles. The van der Waals surface area contributed by atoms with Crippen molar-refractivity contribution in [2.75, 3.05) is 0 Å². The van der Waals surface area contributed by atoms with Gasteiger partial charge in [0.1, 0.15) is 12.4 Å². The fraction of sp³-hybridized carbons (Fsp3) is 0.625. The van der Waals surface area contributed by atoms with Gasteiger partial charge in [0.2, 0.25) is 0 Å². The molecule has 4 heteroatoms. The Kier molecular flexibility index (Phi) is 4.93. The molecule has 0 atom stereocenters. The smallest absolute Gasteiger partial charge is 0.134 e. The number of hydrogen-bond acceptors (Lipinski definition) is 2. The monoisotopic (exact) mass is 190 g/mol. The Hall–Kier alpha value is -0.540. The number of imidazole rings is 1. The molecule has 0 aliphatic rings. The van der Waals surface area contributed by atoms with Gasteiger partial charge in [-0.05, 0) is 5.92 Å². The summed E-state index contributed by atoms with van der Waals surface area (Å²) in [5.74, 6) is 1.34. The Labute approximate surface area is 78.8 Å². The number of hydrogen-bond donors (Lipinski definition) is 1. The molecule has 3 nitrogen and oxygen atoms in total. The molecule has 0 radical (unpaired) electrons. The normalized spacial score (nSPS) is 10.0. The van der Waals surface area contributed by atoms with E-state index in [1.165, 1.54) is 0 Å². The second-order valence-corrected chi connectivity index (χ2v) is 3.05. The van der Waals surface area contributed by atoms with E-state index in [2.05, 4.69) is 18.8 Å². The molecule has 0 bridgehead atoms. The lowest BCUT2D eigenvalue weighted by molar-refractivity contribution is 0.262. The van der Waals surface area contributed by atoms with Crippen LogP contribution in [0, 0.1) is 5.92 Å². The molecule has 0 saturated carbocycles. The van der Waals surface area contributed by atoms with Crippen LogP contribution in [0.15, 0.2) is 12.4 Å². The zero-order valence-electron chi connectivity index (χ0n) is 7.40. The van der Waals surface area contributed by atoms with Crippen molar-refractivity contribution in [1.82, 2.24) is 9.55 Å². The van der Waals surface area contributed by atoms with E-state index < -0.39 is 0 Å². The summed E-state index contributed by atoms with van der Waals surface area (Å²) in [7, 11) is 0. The first kappa shape index (κ1) is 11.5. The standard InChI is InChI=1S/C8H14N2O.ClH/c1-7(2)5-10-4-3-9-8(10)6-11;/h3-4,7,11H,5-6H2,1-2H3;1H. The summed E-state index contributed by atoms with van der Waals surface area (Å²) < 4.78 is 1.98. The van der Waals surface area contributed by atoms with Gasteiger partial charge in [0.25, 0.3) is 0 Å². The molecule has 1 N–H and O–H groups in total. The lowest BCUT2D eigenvalue weighted by Crippen LogP contribution is -2.07. The van der Waals surface area contributed by atoms with E-state index in [0.717, 1.165) is 12.4 Å². The quantitative estimate of drug-likeness (QED) is 0.784. The van der Waals surface area contributed by atoms with Crippen LogP contribution < -0.4 is 0 Å². The molecule has 1 rings (SSSR count). The third-order valence-electron chi connectivity index (χ3n) is 1.50. The Bertz CT molecular complexity index is 223. The fourth-order valence-corrected chi connectivity index (χ4v) is 1.05. The van der Waals surface area contributed by atoms with Crippen LogP contribution in [0.3, 0.4) is 0 Å². The molecule has 70 valence electrons. The maximum Gasteiger partial charge on any atom is 0.134 e. The van der Waals surface area contributed by atoms with E-state index in [9.17, 15) is 0 Å². The van der Waals surface area contributed by atoms with Gasteiger partial charge in [0, 0.05) is 18.9 Å². The van der Waals surface area contributed by atoms with Crippen molar-refractivity contribution < 1.29 is 5.11 Å². The lowest BCUT2D eigenvalue weighted by Gasteiger charge is -2.07. The number of aliphatic hydroxyl groups excluding tert-OH is 1. The molecule has 0 spiro atoms. The van der Waals surface area contributed by atoms with Crippen LogP contribution in [0.1, 0.15) is 19.7 Å². The van der Waals surface area contributed by atoms with Crippen molar-refractivity contribution in [3.63, 3.8) is 0 Å². The van der Waals surface area contributed by atoms with E-state index >= 15 is 0 Å². The van der Waals surface area contributed by atoms with Crippen LogP contribution >= 0.6 is 12.4 Å². The van der Waals surface area contributed by atoms with Gasteiger partial charge in [-0.25, -0.2) is 4.98 Å². The van der Waals surface area contributed by atoms with Gasteiger partial charge in [0.05, 0.1) is 0 Å². The SMILES string of the molecule is CC(C)Cn1ccnc1CO.Cl. The fourth-order valence-electron chi connectivity index (χ4n) is 1.05. The molecule has 0 amide bonds. The first-order valence-corrected chi connectivity index (χ1v) is 3.85. The van der Waals surface area contributed by atoms with E-state index in [-0.39, 0.29) is 19.0 Å². The summed E-state index contributed by atoms with van der Waals surface area (Å²) in [5, 5.41) is 8.84. The molecule has 0 aromatic carbocycles. The molecule has 0 fully saturated rings. The first-order valence-electron chi connectivity index (χ1n) is 3.85. The summed E-state index contributed by atoms with van der Waals surface area (Å²) in [6.45, 7) is 5.23. The van der Waals surface area contributed by atoms with Crippen LogP contribution in [0.25, 0.3) is 0 Å². The summed E-state index contributed by atoms with van der Waals surface area (Å²) in [4.78, 5) is 4.00. The molecule has 1 heterocycles. The molecule has 12 heavy (non-hydrogen) atoms. The van der Waals surface area contributed by atoms with Crippen molar-refractivity contribution in [2.45, 2.75) is 27.0 Å². The molecular weight excluding hydrogens is 176 g/mol. The van der Waals surface area contributed by atoms with E-state index in [4.69, 9.17) is 5.11 Å². The topological polar surface area (TPSA) is 38.0 Å². The van der Waals surface area contributed by atoms with Gasteiger partial charge in [-0.1, -0.05) is 13.8 Å². The van der Waals surface area contributed by atoms with E-state index in [0.29, 0.717) is 5.92 Å². The minimum atomic E-state index is 0. The van der Waals surface area contributed by atoms with E-state index in [1.54, 1.807) is 6.20 Å². The highest BCUT2D eigenvalue weighted by atomic mass is 35.5. The summed E-state index contributed by atoms with van der Waals surface area (Å²) in [5.41, 5.74) is 0. The van der Waals surface area contributed by atoms with E-state index in [1.807, 2.05) is 10.8 Å². The highest BCUT2D eigenvalue weighted by Crippen LogP contribution is 2.02. The Morgan fingerprint density at radius 3 is 2.75 bits per heavy atom. The van der Waals surface area contributed by atoms with Crippen molar-refractivity contribution >= 4 is 12.4 Å². The first-order chi connectivity index (χ1) is 5.24. The highest BCUT2D eigenvalue weighted by molar-refractivity contribution is 5.85. The molecule has 1 aromatic heterocycles. The zero-order valence-corrected chi connectivity index (χ0v) is 8.21. The van der Waals surface area contributed by atoms with Crippen LogP contribution in [0.4, 0.5) is 0 Å². The average molecular weight is 191 g/mol. The molecule has 0 aliphatic heterocycles. The van der Waals surface area contributed by atoms with Crippen LogP contribution in [-0.2, 0) is 13.2 Å². The van der Waals surface area contributed by atoms with Gasteiger partial charge in [0.15, 0.2) is 0 Å². The lowest BCUT2D eigenvalue weighted by atomic mass is 10.2. The maximum absolute atomic E-state index is 8.84. The van der Waals surface area contributed by atoms with Crippen LogP contribution in [0.2, 0.25) is 0 Å². The second kappa shape index (κ2) is 5.17. The minimum absolute atomic E-state index is 0. The molecule has 1 aromatic rings. The Morgan fingerprint density at radius 2 is 2.25 bits per heavy atom. The number of aromatic nitrogens is 2. The third-order valence-corrected chi connectivity index (χ3v) is 1.50. The highest BCUT2D eigenvalue weighted by Gasteiger charge is 2.01. The number of halogens is 1. The average Bonchev–Trinajstić information content (AvgIpc) is 2.34. The summed E-state index contributed by atoms with van der Waals surface area (Å²) >= 11 is 0. The minimum Gasteiger partial charge on any atom is -0.388 e. The van der Waals surface area contributed by atoms with Crippen LogP contribution in [-0.4, -0.2) is 14.7 Å². The summed E-state index contributed by atoms with van der Waals surface area (Å²) in [6, 6.07) is 0. The predicted molar refractivity (Wildman–Crippen MR) is 50.2 cm³/mol. The number of rotatable bonds is 3. The molecule has 0 unspecified atom stereocenters. The van der Waals surface area contributed by atoms with Crippen molar-refractivity contribution in [2.24, 2.45) is 5.92 Å². The third kappa shape index (κ3) is 2.83. The van der Waals surface area contributed by atoms with Crippen LogP contribution in [0.5, 0.6) is 0 Å². The number of nitrogens with zero attached hydrogens (tertiary/aromatic N) is 2. The molecular formula is C8H15ClN2O. The van der Waals surface area contributed by atoms with Gasteiger partial charge in [-0.3, -0.25) is 0 Å². The Morgan fingerprint density at radius 1 is 1.58 bits per heavy atom. The summed E-state index contributed by atoms with van der Waals surface area (Å²) in [6.07, 6.45) is 3.61. The largest absolute Gasteiger partial charge is 0.388 e. The van der Waals surface area contributed by atoms with Gasteiger partial charge >= 0.3 is 0 Å².